The number of piperidine rings is 1. The zero-order valence-corrected chi connectivity index (χ0v) is 16.5. The Morgan fingerprint density at radius 1 is 0.926 bits per heavy atom. The monoisotopic (exact) mass is 361 g/mol. The summed E-state index contributed by atoms with van der Waals surface area (Å²) in [5, 5.41) is 0. The van der Waals surface area contributed by atoms with E-state index in [1.54, 1.807) is 0 Å². The normalized spacial score (nSPS) is 17.9. The predicted octanol–water partition coefficient (Wildman–Crippen LogP) is 5.35. The van der Waals surface area contributed by atoms with Gasteiger partial charge in [0.05, 0.1) is 5.92 Å². The molecule has 1 aliphatic heterocycles. The molecule has 1 saturated heterocycles. The minimum atomic E-state index is -0.132. The lowest BCUT2D eigenvalue weighted by Gasteiger charge is -2.35. The molecule has 27 heavy (non-hydrogen) atoms. The summed E-state index contributed by atoms with van der Waals surface area (Å²) in [6.07, 6.45) is 8.31. The highest BCUT2D eigenvalue weighted by atomic mass is 16.2. The van der Waals surface area contributed by atoms with Gasteiger partial charge in [-0.05, 0) is 53.9 Å². The summed E-state index contributed by atoms with van der Waals surface area (Å²) < 4.78 is 0. The third kappa shape index (κ3) is 3.81. The van der Waals surface area contributed by atoms with Crippen molar-refractivity contribution in [2.75, 3.05) is 13.1 Å². The molecule has 1 fully saturated rings. The number of aryl methyl sites for hydroxylation is 2. The van der Waals surface area contributed by atoms with E-state index in [0.29, 0.717) is 5.91 Å². The van der Waals surface area contributed by atoms with Crippen molar-refractivity contribution in [3.05, 3.63) is 70.8 Å². The second-order valence-electron chi connectivity index (χ2n) is 8.24. The minimum Gasteiger partial charge on any atom is -0.342 e. The van der Waals surface area contributed by atoms with Gasteiger partial charge in [-0.2, -0.15) is 0 Å². The fourth-order valence-electron chi connectivity index (χ4n) is 4.91. The van der Waals surface area contributed by atoms with Gasteiger partial charge in [0.25, 0.3) is 0 Å². The van der Waals surface area contributed by atoms with Gasteiger partial charge in [-0.3, -0.25) is 4.79 Å². The first-order chi connectivity index (χ1) is 13.3. The first-order valence-electron chi connectivity index (χ1n) is 10.7. The van der Waals surface area contributed by atoms with E-state index in [0.717, 1.165) is 31.8 Å². The van der Waals surface area contributed by atoms with Crippen LogP contribution in [0.4, 0.5) is 0 Å². The van der Waals surface area contributed by atoms with E-state index in [2.05, 4.69) is 60.4 Å². The molecule has 2 nitrogen and oxygen atoms in total. The molecule has 2 aromatic rings. The molecule has 0 unspecified atom stereocenters. The molecule has 0 atom stereocenters. The molecule has 4 rings (SSSR count). The predicted molar refractivity (Wildman–Crippen MR) is 111 cm³/mol. The number of nitrogens with zero attached hydrogens (tertiary/aromatic N) is 1. The fourth-order valence-corrected chi connectivity index (χ4v) is 4.91. The number of unbranched alkanes of at least 4 members (excludes halogenated alkanes) is 1. The highest BCUT2D eigenvalue weighted by Crippen LogP contribution is 2.36. The first kappa shape index (κ1) is 18.3. The molecule has 0 spiro atoms. The van der Waals surface area contributed by atoms with Crippen LogP contribution in [0.3, 0.4) is 0 Å². The fraction of sp³-hybridized carbons (Fsp3) is 0.480. The molecule has 0 bridgehead atoms. The second-order valence-corrected chi connectivity index (χ2v) is 8.24. The summed E-state index contributed by atoms with van der Waals surface area (Å²) in [5.41, 5.74) is 5.12. The van der Waals surface area contributed by atoms with E-state index < -0.39 is 0 Å². The number of carbonyl (C=O) groups excluding carboxylic acids is 1. The molecule has 0 saturated carbocycles. The van der Waals surface area contributed by atoms with Crippen molar-refractivity contribution < 1.29 is 4.79 Å². The maximum atomic E-state index is 13.7. The Hall–Kier alpha value is -2.09. The smallest absolute Gasteiger partial charge is 0.234 e. The van der Waals surface area contributed by atoms with Gasteiger partial charge in [-0.1, -0.05) is 74.7 Å². The standard InChI is InChI=1S/C25H31NO/c1-2-3-8-19-15-17-26(18-16-19)25(27)24-22-11-6-4-9-20(22)13-14-21-10-5-7-12-23(21)24/h4-7,9-12,19,24H,2-3,8,13-18H2,1H3. The van der Waals surface area contributed by atoms with Crippen LogP contribution < -0.4 is 0 Å². The lowest BCUT2D eigenvalue weighted by molar-refractivity contribution is -0.133. The van der Waals surface area contributed by atoms with Gasteiger partial charge in [0, 0.05) is 13.1 Å². The van der Waals surface area contributed by atoms with Gasteiger partial charge in [-0.15, -0.1) is 0 Å². The van der Waals surface area contributed by atoms with Crippen molar-refractivity contribution in [2.24, 2.45) is 5.92 Å². The number of amides is 1. The summed E-state index contributed by atoms with van der Waals surface area (Å²) in [6.45, 7) is 4.11. The van der Waals surface area contributed by atoms with Crippen molar-refractivity contribution >= 4 is 5.91 Å². The molecule has 0 radical (unpaired) electrons. The quantitative estimate of drug-likeness (QED) is 0.719. The molecule has 1 heterocycles. The van der Waals surface area contributed by atoms with Gasteiger partial charge in [0.2, 0.25) is 5.91 Å². The van der Waals surface area contributed by atoms with E-state index in [4.69, 9.17) is 0 Å². The van der Waals surface area contributed by atoms with Crippen LogP contribution in [0, 0.1) is 5.92 Å². The molecule has 0 aromatic heterocycles. The van der Waals surface area contributed by atoms with Gasteiger partial charge in [0.1, 0.15) is 0 Å². The molecule has 0 N–H and O–H groups in total. The lowest BCUT2D eigenvalue weighted by atomic mass is 9.85. The molecule has 2 heteroatoms. The van der Waals surface area contributed by atoms with Crippen LogP contribution in [-0.4, -0.2) is 23.9 Å². The summed E-state index contributed by atoms with van der Waals surface area (Å²) in [7, 11) is 0. The number of benzene rings is 2. The average Bonchev–Trinajstić information content (AvgIpc) is 2.89. The zero-order chi connectivity index (χ0) is 18.6. The lowest BCUT2D eigenvalue weighted by Crippen LogP contribution is -2.41. The van der Waals surface area contributed by atoms with Gasteiger partial charge >= 0.3 is 0 Å². The molecule has 2 aliphatic rings. The Balaban J connectivity index is 1.60. The third-order valence-corrected chi connectivity index (χ3v) is 6.53. The second kappa shape index (κ2) is 8.29. The van der Waals surface area contributed by atoms with Crippen molar-refractivity contribution in [1.82, 2.24) is 4.90 Å². The van der Waals surface area contributed by atoms with Gasteiger partial charge in [-0.25, -0.2) is 0 Å². The average molecular weight is 362 g/mol. The molecule has 142 valence electrons. The van der Waals surface area contributed by atoms with Crippen LogP contribution in [0.15, 0.2) is 48.5 Å². The largest absolute Gasteiger partial charge is 0.342 e. The molecular weight excluding hydrogens is 330 g/mol. The number of carbonyl (C=O) groups is 1. The molecular formula is C25H31NO. The topological polar surface area (TPSA) is 20.3 Å². The van der Waals surface area contributed by atoms with Gasteiger partial charge < -0.3 is 4.90 Å². The van der Waals surface area contributed by atoms with Crippen LogP contribution in [-0.2, 0) is 17.6 Å². The van der Waals surface area contributed by atoms with Crippen LogP contribution in [0.5, 0.6) is 0 Å². The highest BCUT2D eigenvalue weighted by Gasteiger charge is 2.33. The Bertz CT molecular complexity index is 741. The maximum Gasteiger partial charge on any atom is 0.234 e. The van der Waals surface area contributed by atoms with E-state index in [1.165, 1.54) is 54.4 Å². The number of hydrogen-bond donors (Lipinski definition) is 0. The highest BCUT2D eigenvalue weighted by molar-refractivity contribution is 5.88. The summed E-state index contributed by atoms with van der Waals surface area (Å²) in [5.74, 6) is 0.987. The van der Waals surface area contributed by atoms with Crippen LogP contribution in [0.25, 0.3) is 0 Å². The Kier molecular flexibility index (Phi) is 5.61. The molecule has 1 amide bonds. The van der Waals surface area contributed by atoms with Crippen molar-refractivity contribution in [3.8, 4) is 0 Å². The minimum absolute atomic E-state index is 0.132. The maximum absolute atomic E-state index is 13.7. The Morgan fingerprint density at radius 3 is 2.04 bits per heavy atom. The van der Waals surface area contributed by atoms with E-state index in [9.17, 15) is 4.79 Å². The van der Waals surface area contributed by atoms with Crippen LogP contribution in [0.2, 0.25) is 0 Å². The number of fused-ring (bicyclic) bond motifs is 2. The summed E-state index contributed by atoms with van der Waals surface area (Å²) in [4.78, 5) is 15.8. The van der Waals surface area contributed by atoms with Crippen molar-refractivity contribution in [1.29, 1.82) is 0 Å². The van der Waals surface area contributed by atoms with Crippen LogP contribution in [0.1, 0.15) is 67.2 Å². The van der Waals surface area contributed by atoms with Gasteiger partial charge in [0.15, 0.2) is 0 Å². The van der Waals surface area contributed by atoms with Crippen molar-refractivity contribution in [3.63, 3.8) is 0 Å². The SMILES string of the molecule is CCCCC1CCN(C(=O)C2c3ccccc3CCc3ccccc32)CC1. The van der Waals surface area contributed by atoms with E-state index in [1.807, 2.05) is 0 Å². The summed E-state index contributed by atoms with van der Waals surface area (Å²) in [6, 6.07) is 17.2. The van der Waals surface area contributed by atoms with E-state index in [-0.39, 0.29) is 5.92 Å². The number of likely N-dealkylation sites (tertiary alicyclic amines) is 1. The molecule has 2 aromatic carbocycles. The molecule has 1 aliphatic carbocycles. The Morgan fingerprint density at radius 2 is 1.48 bits per heavy atom. The number of rotatable bonds is 4. The van der Waals surface area contributed by atoms with E-state index >= 15 is 0 Å². The number of hydrogen-bond acceptors (Lipinski definition) is 1. The summed E-state index contributed by atoms with van der Waals surface area (Å²) >= 11 is 0. The zero-order valence-electron chi connectivity index (χ0n) is 16.5. The Labute approximate surface area is 163 Å². The van der Waals surface area contributed by atoms with Crippen molar-refractivity contribution in [2.45, 2.75) is 57.8 Å². The first-order valence-corrected chi connectivity index (χ1v) is 10.7. The van der Waals surface area contributed by atoms with Crippen LogP contribution >= 0.6 is 0 Å². The third-order valence-electron chi connectivity index (χ3n) is 6.53.